The van der Waals surface area contributed by atoms with E-state index >= 15 is 0 Å². The van der Waals surface area contributed by atoms with E-state index in [0.717, 1.165) is 30.8 Å². The molecule has 3 amide bonds. The SMILES string of the molecule is Cn1ccnc1C1CCCN(C(=O)Nc2cccc(C3(C)COC(=O)N3)c2)C1. The molecule has 2 aliphatic heterocycles. The van der Waals surface area contributed by atoms with Crippen LogP contribution < -0.4 is 10.6 Å². The van der Waals surface area contributed by atoms with Crippen molar-refractivity contribution in [2.45, 2.75) is 31.2 Å². The van der Waals surface area contributed by atoms with Gasteiger partial charge in [0.05, 0.1) is 5.54 Å². The van der Waals surface area contributed by atoms with Gasteiger partial charge in [0.2, 0.25) is 0 Å². The van der Waals surface area contributed by atoms with Crippen molar-refractivity contribution in [3.8, 4) is 0 Å². The van der Waals surface area contributed by atoms with E-state index in [9.17, 15) is 9.59 Å². The summed E-state index contributed by atoms with van der Waals surface area (Å²) >= 11 is 0. The van der Waals surface area contributed by atoms with Gasteiger partial charge in [0.1, 0.15) is 12.4 Å². The summed E-state index contributed by atoms with van der Waals surface area (Å²) in [7, 11) is 1.99. The third-order valence-corrected chi connectivity index (χ3v) is 5.55. The Morgan fingerprint density at radius 1 is 1.43 bits per heavy atom. The zero-order valence-electron chi connectivity index (χ0n) is 16.1. The molecule has 1 aromatic heterocycles. The van der Waals surface area contributed by atoms with E-state index in [1.807, 2.05) is 53.9 Å². The summed E-state index contributed by atoms with van der Waals surface area (Å²) in [4.78, 5) is 30.6. The summed E-state index contributed by atoms with van der Waals surface area (Å²) < 4.78 is 7.06. The molecule has 0 spiro atoms. The fraction of sp³-hybridized carbons (Fsp3) is 0.450. The minimum Gasteiger partial charge on any atom is -0.447 e. The van der Waals surface area contributed by atoms with Gasteiger partial charge in [-0.05, 0) is 37.5 Å². The number of amides is 3. The van der Waals surface area contributed by atoms with Crippen molar-refractivity contribution < 1.29 is 14.3 Å². The van der Waals surface area contributed by atoms with E-state index in [2.05, 4.69) is 15.6 Å². The molecule has 8 heteroatoms. The molecule has 2 saturated heterocycles. The summed E-state index contributed by atoms with van der Waals surface area (Å²) in [5.74, 6) is 1.26. The zero-order valence-corrected chi connectivity index (χ0v) is 16.1. The molecular formula is C20H25N5O3. The molecule has 2 aromatic rings. The molecule has 4 rings (SSSR count). The fourth-order valence-electron chi connectivity index (χ4n) is 3.95. The molecule has 1 aromatic carbocycles. The van der Waals surface area contributed by atoms with Crippen LogP contribution in [0.3, 0.4) is 0 Å². The molecule has 2 N–H and O–H groups in total. The molecule has 8 nitrogen and oxygen atoms in total. The Kier molecular flexibility index (Phi) is 4.70. The Balaban J connectivity index is 1.44. The van der Waals surface area contributed by atoms with Gasteiger partial charge in [0.25, 0.3) is 0 Å². The first-order valence-electron chi connectivity index (χ1n) is 9.53. The van der Waals surface area contributed by atoms with Crippen LogP contribution in [-0.4, -0.2) is 46.3 Å². The van der Waals surface area contributed by atoms with Crippen molar-refractivity contribution in [1.82, 2.24) is 19.8 Å². The lowest BCUT2D eigenvalue weighted by Crippen LogP contribution is -2.42. The third-order valence-electron chi connectivity index (χ3n) is 5.55. The Bertz CT molecular complexity index is 895. The molecule has 2 unspecified atom stereocenters. The summed E-state index contributed by atoms with van der Waals surface area (Å²) in [5.41, 5.74) is 0.997. The zero-order chi connectivity index (χ0) is 19.7. The largest absolute Gasteiger partial charge is 0.447 e. The summed E-state index contributed by atoms with van der Waals surface area (Å²) in [5, 5.41) is 5.81. The topological polar surface area (TPSA) is 88.5 Å². The number of rotatable bonds is 3. The smallest absolute Gasteiger partial charge is 0.408 e. The average molecular weight is 383 g/mol. The number of carbonyl (C=O) groups is 2. The Morgan fingerprint density at radius 2 is 2.29 bits per heavy atom. The molecule has 0 aliphatic carbocycles. The highest BCUT2D eigenvalue weighted by Crippen LogP contribution is 2.29. The molecule has 148 valence electrons. The molecule has 0 bridgehead atoms. The van der Waals surface area contributed by atoms with Crippen molar-refractivity contribution >= 4 is 17.8 Å². The standard InChI is InChI=1S/C20H25N5O3/c1-20(13-28-19(27)23-20)15-6-3-7-16(11-15)22-18(26)25-9-4-5-14(12-25)17-21-8-10-24(17)2/h3,6-8,10-11,14H,4-5,9,12-13H2,1-2H3,(H,22,26)(H,23,27). The summed E-state index contributed by atoms with van der Waals surface area (Å²) in [6.07, 6.45) is 5.29. The molecular weight excluding hydrogens is 358 g/mol. The number of anilines is 1. The first-order valence-corrected chi connectivity index (χ1v) is 9.53. The number of imidazole rings is 1. The van der Waals surface area contributed by atoms with Crippen LogP contribution in [-0.2, 0) is 17.3 Å². The second-order valence-electron chi connectivity index (χ2n) is 7.73. The second kappa shape index (κ2) is 7.18. The number of piperidine rings is 1. The predicted octanol–water partition coefficient (Wildman–Crippen LogP) is 2.79. The number of nitrogens with zero attached hydrogens (tertiary/aromatic N) is 3. The van der Waals surface area contributed by atoms with Gasteiger partial charge in [-0.3, -0.25) is 0 Å². The van der Waals surface area contributed by atoms with Crippen molar-refractivity contribution in [3.63, 3.8) is 0 Å². The van der Waals surface area contributed by atoms with Crippen LogP contribution in [0.25, 0.3) is 0 Å². The molecule has 2 fully saturated rings. The second-order valence-corrected chi connectivity index (χ2v) is 7.73. The van der Waals surface area contributed by atoms with Gasteiger partial charge in [-0.15, -0.1) is 0 Å². The number of hydrogen-bond donors (Lipinski definition) is 2. The predicted molar refractivity (Wildman–Crippen MR) is 104 cm³/mol. The van der Waals surface area contributed by atoms with Crippen LogP contribution in [0, 0.1) is 0 Å². The number of carbonyl (C=O) groups excluding carboxylic acids is 2. The number of hydrogen-bond acceptors (Lipinski definition) is 4. The summed E-state index contributed by atoms with van der Waals surface area (Å²) in [6.45, 7) is 3.55. The maximum atomic E-state index is 12.8. The number of urea groups is 1. The number of likely N-dealkylation sites (tertiary alicyclic amines) is 1. The van der Waals surface area contributed by atoms with Gasteiger partial charge in [-0.2, -0.15) is 0 Å². The van der Waals surface area contributed by atoms with Gasteiger partial charge in [-0.25, -0.2) is 14.6 Å². The Morgan fingerprint density at radius 3 is 3.00 bits per heavy atom. The number of nitrogens with one attached hydrogen (secondary N) is 2. The highest BCUT2D eigenvalue weighted by Gasteiger charge is 2.36. The van der Waals surface area contributed by atoms with Gasteiger partial charge >= 0.3 is 12.1 Å². The average Bonchev–Trinajstić information content (AvgIpc) is 3.28. The minimum atomic E-state index is -0.591. The number of cyclic esters (lactones) is 1. The minimum absolute atomic E-state index is 0.118. The fourth-order valence-corrected chi connectivity index (χ4v) is 3.95. The first-order chi connectivity index (χ1) is 13.4. The van der Waals surface area contributed by atoms with E-state index in [-0.39, 0.29) is 18.6 Å². The van der Waals surface area contributed by atoms with E-state index in [1.165, 1.54) is 0 Å². The molecule has 2 atom stereocenters. The van der Waals surface area contributed by atoms with Gasteiger partial charge in [0, 0.05) is 44.1 Å². The van der Waals surface area contributed by atoms with Crippen LogP contribution in [0.4, 0.5) is 15.3 Å². The lowest BCUT2D eigenvalue weighted by Gasteiger charge is -2.32. The van der Waals surface area contributed by atoms with Crippen LogP contribution in [0.2, 0.25) is 0 Å². The highest BCUT2D eigenvalue weighted by atomic mass is 16.6. The van der Waals surface area contributed by atoms with E-state index in [0.29, 0.717) is 12.2 Å². The van der Waals surface area contributed by atoms with Crippen molar-refractivity contribution in [3.05, 3.63) is 48.0 Å². The maximum absolute atomic E-state index is 12.8. The van der Waals surface area contributed by atoms with Crippen LogP contribution in [0.5, 0.6) is 0 Å². The third kappa shape index (κ3) is 3.54. The molecule has 28 heavy (non-hydrogen) atoms. The van der Waals surface area contributed by atoms with Crippen molar-refractivity contribution in [1.29, 1.82) is 0 Å². The van der Waals surface area contributed by atoms with Crippen molar-refractivity contribution in [2.75, 3.05) is 25.0 Å². The number of aromatic nitrogens is 2. The van der Waals surface area contributed by atoms with E-state index in [1.54, 1.807) is 6.20 Å². The Labute approximate surface area is 163 Å². The number of alkyl carbamates (subject to hydrolysis) is 1. The normalized spacial score (nSPS) is 24.6. The maximum Gasteiger partial charge on any atom is 0.408 e. The molecule has 0 saturated carbocycles. The lowest BCUT2D eigenvalue weighted by atomic mass is 9.93. The number of ether oxygens (including phenoxy) is 1. The van der Waals surface area contributed by atoms with Crippen LogP contribution in [0.15, 0.2) is 36.7 Å². The molecule has 3 heterocycles. The van der Waals surface area contributed by atoms with Crippen LogP contribution in [0.1, 0.15) is 37.1 Å². The van der Waals surface area contributed by atoms with E-state index < -0.39 is 11.6 Å². The van der Waals surface area contributed by atoms with Gasteiger partial charge in [-0.1, -0.05) is 12.1 Å². The molecule has 2 aliphatic rings. The quantitative estimate of drug-likeness (QED) is 0.853. The van der Waals surface area contributed by atoms with Gasteiger partial charge < -0.3 is 24.8 Å². The van der Waals surface area contributed by atoms with Crippen molar-refractivity contribution in [2.24, 2.45) is 7.05 Å². The Hall–Kier alpha value is -3.03. The lowest BCUT2D eigenvalue weighted by molar-refractivity contribution is 0.173. The number of benzene rings is 1. The summed E-state index contributed by atoms with van der Waals surface area (Å²) in [6, 6.07) is 7.40. The van der Waals surface area contributed by atoms with E-state index in [4.69, 9.17) is 4.74 Å². The van der Waals surface area contributed by atoms with Crippen LogP contribution >= 0.6 is 0 Å². The number of aryl methyl sites for hydroxylation is 1. The monoisotopic (exact) mass is 383 g/mol. The van der Waals surface area contributed by atoms with Gasteiger partial charge in [0.15, 0.2) is 0 Å². The first kappa shape index (κ1) is 18.3. The highest BCUT2D eigenvalue weighted by molar-refractivity contribution is 5.89. The molecule has 0 radical (unpaired) electrons.